The van der Waals surface area contributed by atoms with E-state index in [0.717, 1.165) is 11.4 Å². The lowest BCUT2D eigenvalue weighted by Gasteiger charge is -2.15. The third-order valence-electron chi connectivity index (χ3n) is 4.08. The molecule has 0 aliphatic heterocycles. The van der Waals surface area contributed by atoms with Crippen LogP contribution >= 0.6 is 11.8 Å². The van der Waals surface area contributed by atoms with Crippen LogP contribution in [0.2, 0.25) is 0 Å². The first-order valence-electron chi connectivity index (χ1n) is 8.71. The Balaban J connectivity index is 1.68. The van der Waals surface area contributed by atoms with Crippen molar-refractivity contribution in [2.75, 3.05) is 24.3 Å². The first-order chi connectivity index (χ1) is 13.0. The Morgan fingerprint density at radius 1 is 1.26 bits per heavy atom. The number of hydrogen-bond donors (Lipinski definition) is 1. The van der Waals surface area contributed by atoms with Gasteiger partial charge in [-0.15, -0.1) is 10.2 Å². The molecular weight excluding hydrogens is 362 g/mol. The van der Waals surface area contributed by atoms with Gasteiger partial charge >= 0.3 is 0 Å². The van der Waals surface area contributed by atoms with E-state index in [4.69, 9.17) is 4.42 Å². The van der Waals surface area contributed by atoms with Gasteiger partial charge in [-0.25, -0.2) is 0 Å². The third-order valence-corrected chi connectivity index (χ3v) is 5.16. The summed E-state index contributed by atoms with van der Waals surface area (Å²) in [4.78, 5) is 14.6. The van der Waals surface area contributed by atoms with Crippen LogP contribution in [0.4, 0.5) is 11.4 Å². The minimum atomic E-state index is -0.322. The second kappa shape index (κ2) is 8.30. The molecule has 142 valence electrons. The molecule has 1 N–H and O–H groups in total. The van der Waals surface area contributed by atoms with Crippen molar-refractivity contribution in [3.05, 3.63) is 42.7 Å². The predicted octanol–water partition coefficient (Wildman–Crippen LogP) is 3.74. The van der Waals surface area contributed by atoms with Gasteiger partial charge in [-0.05, 0) is 50.2 Å². The van der Waals surface area contributed by atoms with Crippen LogP contribution in [-0.2, 0) is 11.3 Å². The number of hydrogen-bond acceptors (Lipinski definition) is 6. The van der Waals surface area contributed by atoms with Crippen LogP contribution in [0.1, 0.15) is 13.8 Å². The average Bonchev–Trinajstić information content (AvgIpc) is 3.31. The van der Waals surface area contributed by atoms with Crippen molar-refractivity contribution in [1.82, 2.24) is 14.8 Å². The highest BCUT2D eigenvalue weighted by Crippen LogP contribution is 2.27. The molecule has 3 rings (SSSR count). The SMILES string of the molecule is CCn1c(SC(C)C(=O)Nc2ccc(N(C)C)cc2)nnc1-c1ccco1. The summed E-state index contributed by atoms with van der Waals surface area (Å²) >= 11 is 1.38. The van der Waals surface area contributed by atoms with E-state index in [2.05, 4.69) is 15.5 Å². The Kier molecular flexibility index (Phi) is 5.85. The van der Waals surface area contributed by atoms with Gasteiger partial charge in [0.15, 0.2) is 16.7 Å². The Morgan fingerprint density at radius 3 is 2.59 bits per heavy atom. The molecule has 0 saturated carbocycles. The maximum Gasteiger partial charge on any atom is 0.237 e. The molecule has 7 nitrogen and oxygen atoms in total. The number of carbonyl (C=O) groups is 1. The number of nitrogens with one attached hydrogen (secondary N) is 1. The molecule has 8 heteroatoms. The lowest BCUT2D eigenvalue weighted by Crippen LogP contribution is -2.23. The van der Waals surface area contributed by atoms with E-state index in [0.29, 0.717) is 23.3 Å². The fourth-order valence-corrected chi connectivity index (χ4v) is 3.46. The number of nitrogens with zero attached hydrogens (tertiary/aromatic N) is 4. The topological polar surface area (TPSA) is 76.2 Å². The minimum absolute atomic E-state index is 0.0807. The molecule has 0 radical (unpaired) electrons. The summed E-state index contributed by atoms with van der Waals surface area (Å²) in [5, 5.41) is 11.8. The number of anilines is 2. The van der Waals surface area contributed by atoms with Crippen molar-refractivity contribution in [3.8, 4) is 11.6 Å². The molecule has 0 aliphatic rings. The predicted molar refractivity (Wildman–Crippen MR) is 108 cm³/mol. The molecule has 0 saturated heterocycles. The van der Waals surface area contributed by atoms with Crippen LogP contribution in [-0.4, -0.2) is 40.0 Å². The van der Waals surface area contributed by atoms with Crippen molar-refractivity contribution in [2.24, 2.45) is 0 Å². The normalized spacial score (nSPS) is 12.0. The molecular formula is C19H23N5O2S. The molecule has 1 amide bonds. The largest absolute Gasteiger partial charge is 0.461 e. The summed E-state index contributed by atoms with van der Waals surface area (Å²) in [6, 6.07) is 11.4. The summed E-state index contributed by atoms with van der Waals surface area (Å²) in [6.07, 6.45) is 1.61. The van der Waals surface area contributed by atoms with Gasteiger partial charge in [0.05, 0.1) is 11.5 Å². The molecule has 0 aliphatic carbocycles. The zero-order chi connectivity index (χ0) is 19.4. The molecule has 1 atom stereocenters. The zero-order valence-corrected chi connectivity index (χ0v) is 16.7. The number of thioether (sulfide) groups is 1. The van der Waals surface area contributed by atoms with E-state index in [-0.39, 0.29) is 11.2 Å². The summed E-state index contributed by atoms with van der Waals surface area (Å²) in [5.74, 6) is 1.24. The van der Waals surface area contributed by atoms with Crippen LogP contribution in [0, 0.1) is 0 Å². The van der Waals surface area contributed by atoms with Crippen LogP contribution in [0.3, 0.4) is 0 Å². The fourth-order valence-electron chi connectivity index (χ4n) is 2.55. The molecule has 2 aromatic heterocycles. The average molecular weight is 385 g/mol. The number of amides is 1. The lowest BCUT2D eigenvalue weighted by atomic mass is 10.2. The Labute approximate surface area is 162 Å². The highest BCUT2D eigenvalue weighted by atomic mass is 32.2. The number of carbonyl (C=O) groups excluding carboxylic acids is 1. The molecule has 2 heterocycles. The quantitative estimate of drug-likeness (QED) is 0.624. The van der Waals surface area contributed by atoms with Gasteiger partial charge < -0.3 is 14.6 Å². The smallest absolute Gasteiger partial charge is 0.237 e. The Bertz CT molecular complexity index is 887. The van der Waals surface area contributed by atoms with Gasteiger partial charge in [0, 0.05) is 32.0 Å². The van der Waals surface area contributed by atoms with Crippen molar-refractivity contribution in [2.45, 2.75) is 30.8 Å². The lowest BCUT2D eigenvalue weighted by molar-refractivity contribution is -0.115. The van der Waals surface area contributed by atoms with E-state index in [1.807, 2.05) is 73.8 Å². The van der Waals surface area contributed by atoms with Gasteiger partial charge in [0.25, 0.3) is 0 Å². The van der Waals surface area contributed by atoms with Crippen molar-refractivity contribution >= 4 is 29.0 Å². The molecule has 3 aromatic rings. The molecule has 1 unspecified atom stereocenters. The molecule has 0 fully saturated rings. The van der Waals surface area contributed by atoms with Gasteiger partial charge in [0.2, 0.25) is 5.91 Å². The highest BCUT2D eigenvalue weighted by Gasteiger charge is 2.21. The van der Waals surface area contributed by atoms with E-state index in [1.54, 1.807) is 6.26 Å². The maximum absolute atomic E-state index is 12.6. The second-order valence-electron chi connectivity index (χ2n) is 6.22. The maximum atomic E-state index is 12.6. The molecule has 27 heavy (non-hydrogen) atoms. The first kappa shape index (κ1) is 19.0. The van der Waals surface area contributed by atoms with Gasteiger partial charge in [-0.2, -0.15) is 0 Å². The number of benzene rings is 1. The minimum Gasteiger partial charge on any atom is -0.461 e. The van der Waals surface area contributed by atoms with E-state index >= 15 is 0 Å². The molecule has 1 aromatic carbocycles. The monoisotopic (exact) mass is 385 g/mol. The summed E-state index contributed by atoms with van der Waals surface area (Å²) in [6.45, 7) is 4.55. The van der Waals surface area contributed by atoms with E-state index in [9.17, 15) is 4.79 Å². The molecule has 0 spiro atoms. The first-order valence-corrected chi connectivity index (χ1v) is 9.59. The highest BCUT2D eigenvalue weighted by molar-refractivity contribution is 8.00. The summed E-state index contributed by atoms with van der Waals surface area (Å²) in [7, 11) is 3.96. The van der Waals surface area contributed by atoms with Gasteiger partial charge in [-0.1, -0.05) is 11.8 Å². The number of aromatic nitrogens is 3. The standard InChI is InChI=1S/C19H23N5O2S/c1-5-24-17(16-7-6-12-26-16)21-22-19(24)27-13(2)18(25)20-14-8-10-15(11-9-14)23(3)4/h6-13H,5H2,1-4H3,(H,20,25). The van der Waals surface area contributed by atoms with Crippen molar-refractivity contribution < 1.29 is 9.21 Å². The van der Waals surface area contributed by atoms with Crippen LogP contribution in [0.15, 0.2) is 52.2 Å². The fraction of sp³-hybridized carbons (Fsp3) is 0.316. The molecule has 0 bridgehead atoms. The van der Waals surface area contributed by atoms with Crippen molar-refractivity contribution in [3.63, 3.8) is 0 Å². The second-order valence-corrected chi connectivity index (χ2v) is 7.53. The Hall–Kier alpha value is -2.74. The van der Waals surface area contributed by atoms with E-state index in [1.165, 1.54) is 11.8 Å². The van der Waals surface area contributed by atoms with Crippen LogP contribution in [0.5, 0.6) is 0 Å². The van der Waals surface area contributed by atoms with Gasteiger partial charge in [-0.3, -0.25) is 9.36 Å². The zero-order valence-electron chi connectivity index (χ0n) is 15.8. The summed E-state index contributed by atoms with van der Waals surface area (Å²) < 4.78 is 7.36. The van der Waals surface area contributed by atoms with Crippen LogP contribution in [0.25, 0.3) is 11.6 Å². The van der Waals surface area contributed by atoms with Crippen LogP contribution < -0.4 is 10.2 Å². The Morgan fingerprint density at radius 2 is 2.00 bits per heavy atom. The van der Waals surface area contributed by atoms with E-state index < -0.39 is 0 Å². The number of furan rings is 1. The third kappa shape index (κ3) is 4.33. The van der Waals surface area contributed by atoms with Gasteiger partial charge in [0.1, 0.15) is 0 Å². The summed E-state index contributed by atoms with van der Waals surface area (Å²) in [5.41, 5.74) is 1.85. The number of rotatable bonds is 7. The van der Waals surface area contributed by atoms with Crippen molar-refractivity contribution in [1.29, 1.82) is 0 Å².